The lowest BCUT2D eigenvalue weighted by Gasteiger charge is -2.37. The summed E-state index contributed by atoms with van der Waals surface area (Å²) >= 11 is 0. The van der Waals surface area contributed by atoms with E-state index in [1.165, 1.54) is 12.7 Å². The predicted molar refractivity (Wildman–Crippen MR) is 153 cm³/mol. The van der Waals surface area contributed by atoms with Crippen LogP contribution in [0.3, 0.4) is 0 Å². The minimum Gasteiger partial charge on any atom is -0.493 e. The van der Waals surface area contributed by atoms with Crippen molar-refractivity contribution < 1.29 is 28.5 Å². The number of carbonyl (C=O) groups is 1. The monoisotopic (exact) mass is 553 g/mol. The number of fused-ring (bicyclic) bond motifs is 2. The standard InChI is InChI=1S/C34H35NO6/c1-20-11-25(40-19-34(3)17-38-18-34)12-21(2)32(20)33-22(15-35)5-7-27-28(33)9-10-29(27)41-24-6-8-26-23(13-31(36)37-4)16-39-30(26)14-24/h5-8,11-12,14,23,29H,9-10,13,16-19H2,1-4H3/t23?,29-/m1/s1. The first-order valence-corrected chi connectivity index (χ1v) is 14.2. The Kier molecular flexibility index (Phi) is 7.13. The first-order valence-electron chi connectivity index (χ1n) is 14.2. The van der Waals surface area contributed by atoms with Gasteiger partial charge in [-0.25, -0.2) is 0 Å². The topological polar surface area (TPSA) is 87.0 Å². The highest BCUT2D eigenvalue weighted by Crippen LogP contribution is 2.45. The number of hydrogen-bond acceptors (Lipinski definition) is 7. The molecule has 1 aliphatic carbocycles. The SMILES string of the molecule is COC(=O)CC1COc2cc(O[C@@H]3CCc4c3ccc(C#N)c4-c3c(C)cc(OCC4(C)COC4)cc3C)ccc21. The summed E-state index contributed by atoms with van der Waals surface area (Å²) < 4.78 is 28.7. The van der Waals surface area contributed by atoms with Gasteiger partial charge in [0, 0.05) is 28.5 Å². The Bertz CT molecular complexity index is 1530. The smallest absolute Gasteiger partial charge is 0.306 e. The minimum absolute atomic E-state index is 0.00995. The van der Waals surface area contributed by atoms with Crippen molar-refractivity contribution in [1.29, 1.82) is 5.26 Å². The summed E-state index contributed by atoms with van der Waals surface area (Å²) in [7, 11) is 1.40. The first-order chi connectivity index (χ1) is 19.8. The molecular weight excluding hydrogens is 518 g/mol. The van der Waals surface area contributed by atoms with Gasteiger partial charge >= 0.3 is 5.97 Å². The molecule has 0 bridgehead atoms. The molecule has 3 aromatic carbocycles. The number of nitriles is 1. The molecule has 41 heavy (non-hydrogen) atoms. The molecule has 0 amide bonds. The summed E-state index contributed by atoms with van der Waals surface area (Å²) in [6.07, 6.45) is 1.81. The second kappa shape index (κ2) is 10.8. The van der Waals surface area contributed by atoms with Crippen molar-refractivity contribution in [2.75, 3.05) is 33.5 Å². The number of esters is 1. The number of carbonyl (C=O) groups excluding carboxylic acids is 1. The molecule has 3 aromatic rings. The second-order valence-corrected chi connectivity index (χ2v) is 11.8. The molecule has 1 unspecified atom stereocenters. The second-order valence-electron chi connectivity index (χ2n) is 11.8. The van der Waals surface area contributed by atoms with Crippen molar-refractivity contribution in [2.45, 2.75) is 52.1 Å². The maximum atomic E-state index is 11.8. The van der Waals surface area contributed by atoms with Crippen LogP contribution in [0.5, 0.6) is 17.2 Å². The fraction of sp³-hybridized carbons (Fsp3) is 0.412. The van der Waals surface area contributed by atoms with Crippen LogP contribution in [0.4, 0.5) is 0 Å². The predicted octanol–water partition coefficient (Wildman–Crippen LogP) is 6.36. The van der Waals surface area contributed by atoms with E-state index in [0.717, 1.165) is 76.7 Å². The highest BCUT2D eigenvalue weighted by Gasteiger charge is 2.35. The number of methoxy groups -OCH3 is 1. The van der Waals surface area contributed by atoms with Crippen molar-refractivity contribution in [3.63, 3.8) is 0 Å². The highest BCUT2D eigenvalue weighted by atomic mass is 16.5. The number of aryl methyl sites for hydroxylation is 2. The highest BCUT2D eigenvalue weighted by molar-refractivity contribution is 5.81. The van der Waals surface area contributed by atoms with E-state index in [0.29, 0.717) is 25.2 Å². The summed E-state index contributed by atoms with van der Waals surface area (Å²) in [5, 5.41) is 10.1. The van der Waals surface area contributed by atoms with Crippen molar-refractivity contribution in [1.82, 2.24) is 0 Å². The third kappa shape index (κ3) is 5.13. The molecule has 3 aliphatic rings. The van der Waals surface area contributed by atoms with E-state index < -0.39 is 0 Å². The molecule has 6 rings (SSSR count). The molecule has 0 saturated carbocycles. The Morgan fingerprint density at radius 3 is 2.49 bits per heavy atom. The van der Waals surface area contributed by atoms with Crippen molar-refractivity contribution in [3.05, 3.63) is 75.8 Å². The quantitative estimate of drug-likeness (QED) is 0.300. The summed E-state index contributed by atoms with van der Waals surface area (Å²) in [6.45, 7) is 8.87. The van der Waals surface area contributed by atoms with E-state index in [1.807, 2.05) is 30.3 Å². The Hall–Kier alpha value is -4.02. The molecule has 212 valence electrons. The molecular formula is C34H35NO6. The van der Waals surface area contributed by atoms with Crippen LogP contribution in [0.1, 0.15) is 65.2 Å². The molecule has 0 spiro atoms. The van der Waals surface area contributed by atoms with E-state index in [9.17, 15) is 10.1 Å². The number of hydrogen-bond donors (Lipinski definition) is 0. The maximum absolute atomic E-state index is 11.8. The van der Waals surface area contributed by atoms with Gasteiger partial charge in [-0.05, 0) is 78.8 Å². The lowest BCUT2D eigenvalue weighted by Crippen LogP contribution is -2.44. The molecule has 7 heteroatoms. The number of benzene rings is 3. The lowest BCUT2D eigenvalue weighted by atomic mass is 9.87. The van der Waals surface area contributed by atoms with Crippen molar-refractivity contribution >= 4 is 5.97 Å². The van der Waals surface area contributed by atoms with Gasteiger partial charge in [-0.1, -0.05) is 19.1 Å². The van der Waals surface area contributed by atoms with Crippen molar-refractivity contribution in [3.8, 4) is 34.4 Å². The van der Waals surface area contributed by atoms with Gasteiger partial charge in [0.1, 0.15) is 23.4 Å². The Morgan fingerprint density at radius 2 is 1.80 bits per heavy atom. The van der Waals surface area contributed by atoms with E-state index in [-0.39, 0.29) is 23.4 Å². The van der Waals surface area contributed by atoms with Crippen LogP contribution in [0, 0.1) is 30.6 Å². The van der Waals surface area contributed by atoms with E-state index in [4.69, 9.17) is 23.7 Å². The zero-order valence-electron chi connectivity index (χ0n) is 24.0. The van der Waals surface area contributed by atoms with Crippen LogP contribution in [-0.4, -0.2) is 39.5 Å². The van der Waals surface area contributed by atoms with Crippen LogP contribution >= 0.6 is 0 Å². The van der Waals surface area contributed by atoms with Gasteiger partial charge in [0.05, 0.1) is 51.6 Å². The zero-order chi connectivity index (χ0) is 28.7. The normalized spacial score (nSPS) is 19.8. The Labute approximate surface area is 240 Å². The average molecular weight is 554 g/mol. The summed E-state index contributed by atoms with van der Waals surface area (Å²) in [4.78, 5) is 11.8. The van der Waals surface area contributed by atoms with Crippen LogP contribution in [-0.2, 0) is 20.7 Å². The summed E-state index contributed by atoms with van der Waals surface area (Å²) in [5.74, 6) is 2.07. The summed E-state index contributed by atoms with van der Waals surface area (Å²) in [5.41, 5.74) is 8.29. The fourth-order valence-corrected chi connectivity index (χ4v) is 6.31. The molecule has 0 N–H and O–H groups in total. The number of ether oxygens (including phenoxy) is 5. The van der Waals surface area contributed by atoms with Crippen LogP contribution in [0.25, 0.3) is 11.1 Å². The molecule has 0 radical (unpaired) electrons. The van der Waals surface area contributed by atoms with Crippen molar-refractivity contribution in [2.24, 2.45) is 5.41 Å². The molecule has 2 aliphatic heterocycles. The molecule has 1 fully saturated rings. The maximum Gasteiger partial charge on any atom is 0.306 e. The van der Waals surface area contributed by atoms with Gasteiger partial charge in [-0.15, -0.1) is 0 Å². The van der Waals surface area contributed by atoms with E-state index in [2.05, 4.69) is 39.0 Å². The molecule has 1 saturated heterocycles. The van der Waals surface area contributed by atoms with Crippen LogP contribution in [0.2, 0.25) is 0 Å². The molecule has 2 atom stereocenters. The largest absolute Gasteiger partial charge is 0.493 e. The minimum atomic E-state index is -0.243. The average Bonchev–Trinajstić information content (AvgIpc) is 3.54. The number of nitrogens with zero attached hydrogens (tertiary/aromatic N) is 1. The Morgan fingerprint density at radius 1 is 1.05 bits per heavy atom. The molecule has 0 aromatic heterocycles. The third-order valence-electron chi connectivity index (χ3n) is 8.50. The Balaban J connectivity index is 1.26. The third-order valence-corrected chi connectivity index (χ3v) is 8.50. The van der Waals surface area contributed by atoms with Gasteiger partial charge in [0.15, 0.2) is 0 Å². The zero-order valence-corrected chi connectivity index (χ0v) is 24.0. The fourth-order valence-electron chi connectivity index (χ4n) is 6.31. The van der Waals surface area contributed by atoms with E-state index >= 15 is 0 Å². The van der Waals surface area contributed by atoms with Gasteiger partial charge in [-0.2, -0.15) is 5.26 Å². The lowest BCUT2D eigenvalue weighted by molar-refractivity contribution is -0.141. The van der Waals surface area contributed by atoms with Crippen LogP contribution < -0.4 is 14.2 Å². The first kappa shape index (κ1) is 27.2. The van der Waals surface area contributed by atoms with Gasteiger partial charge < -0.3 is 23.7 Å². The summed E-state index contributed by atoms with van der Waals surface area (Å²) in [6, 6.07) is 16.4. The number of rotatable bonds is 8. The van der Waals surface area contributed by atoms with E-state index in [1.54, 1.807) is 0 Å². The molecule has 7 nitrogen and oxygen atoms in total. The van der Waals surface area contributed by atoms with Gasteiger partial charge in [-0.3, -0.25) is 4.79 Å². The van der Waals surface area contributed by atoms with Gasteiger partial charge in [0.2, 0.25) is 0 Å². The molecule has 2 heterocycles. The van der Waals surface area contributed by atoms with Crippen LogP contribution in [0.15, 0.2) is 42.5 Å². The van der Waals surface area contributed by atoms with Gasteiger partial charge in [0.25, 0.3) is 0 Å².